The molecule has 1 atom stereocenters. The molecule has 1 N–H and O–H groups in total. The monoisotopic (exact) mass is 378 g/mol. The fraction of sp³-hybridized carbons (Fsp3) is 0.316. The average molecular weight is 378 g/mol. The first-order valence-corrected chi connectivity index (χ1v) is 8.54. The highest BCUT2D eigenvalue weighted by atomic mass is 19.4. The van der Waals surface area contributed by atoms with Crippen molar-refractivity contribution in [3.63, 3.8) is 0 Å². The van der Waals surface area contributed by atoms with Gasteiger partial charge in [0.2, 0.25) is 0 Å². The Hall–Kier alpha value is -2.90. The van der Waals surface area contributed by atoms with Crippen molar-refractivity contribution >= 4 is 0 Å². The largest absolute Gasteiger partial charge is 0.416 e. The number of H-pyrrole nitrogens is 1. The summed E-state index contributed by atoms with van der Waals surface area (Å²) in [6.07, 6.45) is -1.03. The third-order valence-corrected chi connectivity index (χ3v) is 3.92. The number of hydrogen-bond donors (Lipinski definition) is 1. The van der Waals surface area contributed by atoms with Crippen molar-refractivity contribution in [2.24, 2.45) is 0 Å². The van der Waals surface area contributed by atoms with Crippen LogP contribution in [0.3, 0.4) is 0 Å². The summed E-state index contributed by atoms with van der Waals surface area (Å²) in [6.45, 7) is 7.54. The van der Waals surface area contributed by atoms with E-state index >= 15 is 0 Å². The maximum Gasteiger partial charge on any atom is 0.416 e. The number of benzene rings is 1. The second-order valence-corrected chi connectivity index (χ2v) is 5.75. The van der Waals surface area contributed by atoms with Crippen LogP contribution in [0.5, 0.6) is 0 Å². The summed E-state index contributed by atoms with van der Waals surface area (Å²) < 4.78 is 39.4. The van der Waals surface area contributed by atoms with E-state index in [-0.39, 0.29) is 11.5 Å². The Balaban J connectivity index is 0.00000126. The molecular formula is C19H21F3N4O. The third kappa shape index (κ3) is 4.84. The van der Waals surface area contributed by atoms with Crippen molar-refractivity contribution in [3.05, 3.63) is 75.6 Å². The van der Waals surface area contributed by atoms with Gasteiger partial charge in [-0.25, -0.2) is 9.67 Å². The van der Waals surface area contributed by atoms with Gasteiger partial charge in [0.15, 0.2) is 5.82 Å². The predicted octanol–water partition coefficient (Wildman–Crippen LogP) is 4.46. The average Bonchev–Trinajstić information content (AvgIpc) is 3.11. The summed E-state index contributed by atoms with van der Waals surface area (Å²) in [5.74, 6) is 0.696. The summed E-state index contributed by atoms with van der Waals surface area (Å²) in [7, 11) is 0. The highest BCUT2D eigenvalue weighted by molar-refractivity contribution is 5.33. The molecule has 0 fully saturated rings. The van der Waals surface area contributed by atoms with Crippen LogP contribution in [0.1, 0.15) is 49.2 Å². The molecule has 0 saturated heterocycles. The van der Waals surface area contributed by atoms with E-state index in [1.54, 1.807) is 19.3 Å². The van der Waals surface area contributed by atoms with E-state index in [0.717, 1.165) is 23.3 Å². The molecule has 0 saturated carbocycles. The molecule has 1 unspecified atom stereocenters. The molecule has 0 spiro atoms. The lowest BCUT2D eigenvalue weighted by Crippen LogP contribution is -2.12. The Kier molecular flexibility index (Phi) is 6.20. The zero-order chi connectivity index (χ0) is 20.2. The van der Waals surface area contributed by atoms with Gasteiger partial charge < -0.3 is 4.98 Å². The van der Waals surface area contributed by atoms with Crippen molar-refractivity contribution < 1.29 is 13.2 Å². The molecule has 0 aliphatic carbocycles. The number of nitrogens with one attached hydrogen (secondary N) is 1. The van der Waals surface area contributed by atoms with Gasteiger partial charge >= 0.3 is 6.18 Å². The minimum atomic E-state index is -4.35. The first-order chi connectivity index (χ1) is 12.7. The standard InChI is InChI=1S/C17H15F3N4O.C2H6/c1-10(12-3-5-14(6-4-12)17(18,19)20)13-8-21-24(9-13)15-7-16(25)23-11(2)22-15;1-2/h3-10H,1-2H3,(H,22,23,25);1-2H3. The van der Waals surface area contributed by atoms with Crippen molar-refractivity contribution in [1.29, 1.82) is 0 Å². The van der Waals surface area contributed by atoms with E-state index in [9.17, 15) is 18.0 Å². The Morgan fingerprint density at radius 2 is 1.74 bits per heavy atom. The SMILES string of the molecule is CC.Cc1nc(-n2cc(C(C)c3ccc(C(F)(F)F)cc3)cn2)cc(=O)[nH]1. The highest BCUT2D eigenvalue weighted by Gasteiger charge is 2.30. The van der Waals surface area contributed by atoms with Gasteiger partial charge in [0.25, 0.3) is 5.56 Å². The van der Waals surface area contributed by atoms with Crippen LogP contribution in [-0.4, -0.2) is 19.7 Å². The van der Waals surface area contributed by atoms with Crippen LogP contribution in [0, 0.1) is 6.92 Å². The Labute approximate surface area is 154 Å². The Bertz CT molecular complexity index is 943. The zero-order valence-electron chi connectivity index (χ0n) is 15.5. The van der Waals surface area contributed by atoms with E-state index in [4.69, 9.17) is 0 Å². The number of hydrogen-bond acceptors (Lipinski definition) is 3. The molecule has 3 aromatic rings. The van der Waals surface area contributed by atoms with Crippen LogP contribution in [0.4, 0.5) is 13.2 Å². The van der Waals surface area contributed by atoms with Gasteiger partial charge in [0.05, 0.1) is 11.8 Å². The summed E-state index contributed by atoms with van der Waals surface area (Å²) >= 11 is 0. The quantitative estimate of drug-likeness (QED) is 0.732. The summed E-state index contributed by atoms with van der Waals surface area (Å²) in [6, 6.07) is 6.38. The van der Waals surface area contributed by atoms with Crippen molar-refractivity contribution in [3.8, 4) is 5.82 Å². The molecule has 3 rings (SSSR count). The van der Waals surface area contributed by atoms with Crippen LogP contribution < -0.4 is 5.56 Å². The molecule has 1 aromatic carbocycles. The van der Waals surface area contributed by atoms with E-state index in [1.165, 1.54) is 22.9 Å². The number of aryl methyl sites for hydroxylation is 1. The number of aromatic nitrogens is 4. The first kappa shape index (κ1) is 20.4. The second kappa shape index (κ2) is 8.20. The topological polar surface area (TPSA) is 63.6 Å². The van der Waals surface area contributed by atoms with E-state index in [2.05, 4.69) is 15.1 Å². The molecule has 2 heterocycles. The van der Waals surface area contributed by atoms with E-state index < -0.39 is 11.7 Å². The number of aromatic amines is 1. The molecule has 5 nitrogen and oxygen atoms in total. The van der Waals surface area contributed by atoms with Gasteiger partial charge in [-0.15, -0.1) is 0 Å². The Morgan fingerprint density at radius 3 is 2.30 bits per heavy atom. The summed E-state index contributed by atoms with van der Waals surface area (Å²) in [5.41, 5.74) is 0.583. The third-order valence-electron chi connectivity index (χ3n) is 3.92. The molecule has 0 bridgehead atoms. The van der Waals surface area contributed by atoms with Gasteiger partial charge in [0.1, 0.15) is 5.82 Å². The fourth-order valence-electron chi connectivity index (χ4n) is 2.52. The molecule has 0 aliphatic rings. The maximum atomic E-state index is 12.7. The molecule has 2 aromatic heterocycles. The molecule has 8 heteroatoms. The summed E-state index contributed by atoms with van der Waals surface area (Å²) in [5, 5.41) is 4.19. The minimum Gasteiger partial charge on any atom is -0.311 e. The van der Waals surface area contributed by atoms with Crippen LogP contribution >= 0.6 is 0 Å². The van der Waals surface area contributed by atoms with Gasteiger partial charge in [-0.05, 0) is 30.2 Å². The van der Waals surface area contributed by atoms with Crippen LogP contribution in [-0.2, 0) is 6.18 Å². The summed E-state index contributed by atoms with van der Waals surface area (Å²) in [4.78, 5) is 18.3. The van der Waals surface area contributed by atoms with E-state index in [0.29, 0.717) is 11.6 Å². The van der Waals surface area contributed by atoms with Crippen molar-refractivity contribution in [2.75, 3.05) is 0 Å². The number of rotatable bonds is 3. The molecule has 0 radical (unpaired) electrons. The molecular weight excluding hydrogens is 357 g/mol. The predicted molar refractivity (Wildman–Crippen MR) is 97.0 cm³/mol. The van der Waals surface area contributed by atoms with Crippen LogP contribution in [0.15, 0.2) is 47.5 Å². The Morgan fingerprint density at radius 1 is 1.11 bits per heavy atom. The van der Waals surface area contributed by atoms with Crippen LogP contribution in [0.25, 0.3) is 5.82 Å². The minimum absolute atomic E-state index is 0.154. The van der Waals surface area contributed by atoms with Gasteiger partial charge in [0, 0.05) is 18.2 Å². The number of alkyl halides is 3. The van der Waals surface area contributed by atoms with Gasteiger partial charge in [-0.2, -0.15) is 18.3 Å². The van der Waals surface area contributed by atoms with Crippen molar-refractivity contribution in [1.82, 2.24) is 19.7 Å². The van der Waals surface area contributed by atoms with E-state index in [1.807, 2.05) is 20.8 Å². The smallest absolute Gasteiger partial charge is 0.311 e. The molecule has 0 aliphatic heterocycles. The maximum absolute atomic E-state index is 12.7. The van der Waals surface area contributed by atoms with Gasteiger partial charge in [-0.3, -0.25) is 4.79 Å². The lowest BCUT2D eigenvalue weighted by Gasteiger charge is -2.12. The lowest BCUT2D eigenvalue weighted by molar-refractivity contribution is -0.137. The second-order valence-electron chi connectivity index (χ2n) is 5.75. The molecule has 27 heavy (non-hydrogen) atoms. The van der Waals surface area contributed by atoms with Gasteiger partial charge in [-0.1, -0.05) is 32.9 Å². The van der Waals surface area contributed by atoms with Crippen LogP contribution in [0.2, 0.25) is 0 Å². The number of halogens is 3. The fourth-order valence-corrected chi connectivity index (χ4v) is 2.52. The number of nitrogens with zero attached hydrogens (tertiary/aromatic N) is 3. The first-order valence-electron chi connectivity index (χ1n) is 8.54. The zero-order valence-corrected chi connectivity index (χ0v) is 15.5. The highest BCUT2D eigenvalue weighted by Crippen LogP contribution is 2.31. The van der Waals surface area contributed by atoms with Crippen molar-refractivity contribution in [2.45, 2.75) is 39.8 Å². The lowest BCUT2D eigenvalue weighted by atomic mass is 9.95. The molecule has 144 valence electrons. The molecule has 0 amide bonds. The normalized spacial score (nSPS) is 12.3.